The first-order valence-electron chi connectivity index (χ1n) is 5.27. The fraction of sp³-hybridized carbons (Fsp3) is 1.00. The molecular weight excluding hydrogens is 164 g/mol. The normalized spacial score (nSPS) is 26.3. The van der Waals surface area contributed by atoms with Crippen LogP contribution < -0.4 is 5.73 Å². The summed E-state index contributed by atoms with van der Waals surface area (Å²) < 4.78 is 5.48. The number of ether oxygens (including phenoxy) is 1. The summed E-state index contributed by atoms with van der Waals surface area (Å²) in [4.78, 5) is 2.33. The van der Waals surface area contributed by atoms with Crippen LogP contribution >= 0.6 is 0 Å². The highest BCUT2D eigenvalue weighted by atomic mass is 16.5. The van der Waals surface area contributed by atoms with Gasteiger partial charge in [-0.3, -0.25) is 0 Å². The minimum absolute atomic E-state index is 0.505. The maximum absolute atomic E-state index is 5.78. The molecule has 2 atom stereocenters. The largest absolute Gasteiger partial charge is 0.381 e. The molecule has 1 rings (SSSR count). The van der Waals surface area contributed by atoms with Crippen LogP contribution in [0.15, 0.2) is 0 Å². The van der Waals surface area contributed by atoms with Gasteiger partial charge in [-0.15, -0.1) is 0 Å². The predicted octanol–water partition coefficient (Wildman–Crippen LogP) is 0.692. The Bertz CT molecular complexity index is 135. The zero-order valence-corrected chi connectivity index (χ0v) is 8.83. The van der Waals surface area contributed by atoms with Crippen molar-refractivity contribution in [1.82, 2.24) is 4.90 Å². The third kappa shape index (κ3) is 2.93. The molecule has 0 spiro atoms. The summed E-state index contributed by atoms with van der Waals surface area (Å²) in [6, 6.07) is 0.505. The number of nitrogens with zero attached hydrogens (tertiary/aromatic N) is 1. The van der Waals surface area contributed by atoms with E-state index < -0.39 is 0 Å². The molecule has 0 aliphatic carbocycles. The second-order valence-electron chi connectivity index (χ2n) is 3.85. The van der Waals surface area contributed by atoms with E-state index in [-0.39, 0.29) is 0 Å². The highest BCUT2D eigenvalue weighted by Crippen LogP contribution is 2.19. The van der Waals surface area contributed by atoms with Crippen LogP contribution in [0.4, 0.5) is 0 Å². The van der Waals surface area contributed by atoms with E-state index in [9.17, 15) is 0 Å². The quantitative estimate of drug-likeness (QED) is 0.702. The fourth-order valence-electron chi connectivity index (χ4n) is 2.04. The topological polar surface area (TPSA) is 38.5 Å². The fourth-order valence-corrected chi connectivity index (χ4v) is 2.04. The first-order valence-corrected chi connectivity index (χ1v) is 5.27. The molecule has 3 heteroatoms. The highest BCUT2D eigenvalue weighted by molar-refractivity contribution is 4.79. The minimum Gasteiger partial charge on any atom is -0.381 e. The van der Waals surface area contributed by atoms with Crippen LogP contribution in [0.5, 0.6) is 0 Å². The zero-order valence-electron chi connectivity index (χ0n) is 8.83. The van der Waals surface area contributed by atoms with Gasteiger partial charge >= 0.3 is 0 Å². The minimum atomic E-state index is 0.505. The van der Waals surface area contributed by atoms with Gasteiger partial charge in [0.1, 0.15) is 0 Å². The molecule has 0 radical (unpaired) electrons. The second kappa shape index (κ2) is 5.58. The van der Waals surface area contributed by atoms with Crippen molar-refractivity contribution in [2.45, 2.75) is 25.8 Å². The van der Waals surface area contributed by atoms with Gasteiger partial charge in [0, 0.05) is 19.2 Å². The van der Waals surface area contributed by atoms with Crippen LogP contribution in [0.2, 0.25) is 0 Å². The first kappa shape index (κ1) is 11.0. The maximum Gasteiger partial charge on any atom is 0.0509 e. The van der Waals surface area contributed by atoms with Gasteiger partial charge in [-0.2, -0.15) is 0 Å². The summed E-state index contributed by atoms with van der Waals surface area (Å²) in [5, 5.41) is 0. The monoisotopic (exact) mass is 186 g/mol. The molecule has 0 amide bonds. The number of likely N-dealkylation sites (N-methyl/N-ethyl adjacent to an activating group) is 1. The van der Waals surface area contributed by atoms with Crippen molar-refractivity contribution in [1.29, 1.82) is 0 Å². The van der Waals surface area contributed by atoms with Gasteiger partial charge in [-0.05, 0) is 32.4 Å². The van der Waals surface area contributed by atoms with Crippen molar-refractivity contribution in [2.24, 2.45) is 11.7 Å². The smallest absolute Gasteiger partial charge is 0.0509 e. The molecule has 0 bridgehead atoms. The van der Waals surface area contributed by atoms with E-state index in [1.54, 1.807) is 0 Å². The molecule has 0 aromatic rings. The van der Waals surface area contributed by atoms with E-state index in [1.807, 2.05) is 0 Å². The van der Waals surface area contributed by atoms with Crippen LogP contribution in [-0.4, -0.2) is 44.3 Å². The molecule has 0 aromatic carbocycles. The highest BCUT2D eigenvalue weighted by Gasteiger charge is 2.25. The summed E-state index contributed by atoms with van der Waals surface area (Å²) in [5.41, 5.74) is 5.78. The Morgan fingerprint density at radius 1 is 1.62 bits per heavy atom. The van der Waals surface area contributed by atoms with Crippen molar-refractivity contribution in [3.05, 3.63) is 0 Å². The van der Waals surface area contributed by atoms with Crippen molar-refractivity contribution >= 4 is 0 Å². The van der Waals surface area contributed by atoms with Gasteiger partial charge in [-0.1, -0.05) is 6.92 Å². The number of hydrogen-bond acceptors (Lipinski definition) is 3. The Kier molecular flexibility index (Phi) is 4.70. The summed E-state index contributed by atoms with van der Waals surface area (Å²) in [5.74, 6) is 0.642. The van der Waals surface area contributed by atoms with E-state index in [4.69, 9.17) is 10.5 Å². The Labute approximate surface area is 81.2 Å². The molecule has 1 saturated heterocycles. The van der Waals surface area contributed by atoms with Crippen molar-refractivity contribution in [2.75, 3.05) is 33.4 Å². The van der Waals surface area contributed by atoms with E-state index in [1.165, 1.54) is 12.8 Å². The molecule has 13 heavy (non-hydrogen) atoms. The summed E-state index contributed by atoms with van der Waals surface area (Å²) >= 11 is 0. The van der Waals surface area contributed by atoms with Crippen LogP contribution in [0.25, 0.3) is 0 Å². The molecule has 3 nitrogen and oxygen atoms in total. The number of rotatable bonds is 4. The van der Waals surface area contributed by atoms with E-state index in [0.717, 1.165) is 26.3 Å². The van der Waals surface area contributed by atoms with Crippen molar-refractivity contribution < 1.29 is 4.74 Å². The van der Waals surface area contributed by atoms with E-state index >= 15 is 0 Å². The average Bonchev–Trinajstić information content (AvgIpc) is 2.20. The molecule has 0 aromatic heterocycles. The number of hydrogen-bond donors (Lipinski definition) is 1. The van der Waals surface area contributed by atoms with Gasteiger partial charge in [0.2, 0.25) is 0 Å². The summed E-state index contributed by atoms with van der Waals surface area (Å²) in [6.07, 6.45) is 2.46. The van der Waals surface area contributed by atoms with Crippen LogP contribution in [0.3, 0.4) is 0 Å². The molecule has 1 heterocycles. The summed E-state index contributed by atoms with van der Waals surface area (Å²) in [6.45, 7) is 5.82. The molecular formula is C10H22N2O. The molecule has 1 aliphatic rings. The van der Waals surface area contributed by atoms with E-state index in [0.29, 0.717) is 12.0 Å². The van der Waals surface area contributed by atoms with Crippen LogP contribution in [0, 0.1) is 5.92 Å². The molecule has 78 valence electrons. The Hall–Kier alpha value is -0.120. The lowest BCUT2D eigenvalue weighted by Gasteiger charge is -2.35. The first-order chi connectivity index (χ1) is 6.29. The van der Waals surface area contributed by atoms with Crippen LogP contribution in [0.1, 0.15) is 19.8 Å². The van der Waals surface area contributed by atoms with Gasteiger partial charge in [0.15, 0.2) is 0 Å². The lowest BCUT2D eigenvalue weighted by atomic mass is 9.93. The van der Waals surface area contributed by atoms with Crippen molar-refractivity contribution in [3.63, 3.8) is 0 Å². The SMILES string of the molecule is CCN(C)C(CN)C1CCCOC1. The number of nitrogens with two attached hydrogens (primary N) is 1. The third-order valence-corrected chi connectivity index (χ3v) is 3.05. The molecule has 2 N–H and O–H groups in total. The molecule has 1 aliphatic heterocycles. The molecule has 2 unspecified atom stereocenters. The van der Waals surface area contributed by atoms with Crippen molar-refractivity contribution in [3.8, 4) is 0 Å². The zero-order chi connectivity index (χ0) is 9.68. The lowest BCUT2D eigenvalue weighted by Crippen LogP contribution is -2.46. The van der Waals surface area contributed by atoms with Gasteiger partial charge < -0.3 is 15.4 Å². The summed E-state index contributed by atoms with van der Waals surface area (Å²) in [7, 11) is 2.14. The van der Waals surface area contributed by atoms with Crippen LogP contribution in [-0.2, 0) is 4.74 Å². The lowest BCUT2D eigenvalue weighted by molar-refractivity contribution is 0.0184. The maximum atomic E-state index is 5.78. The van der Waals surface area contributed by atoms with Gasteiger partial charge in [0.25, 0.3) is 0 Å². The third-order valence-electron chi connectivity index (χ3n) is 3.05. The van der Waals surface area contributed by atoms with E-state index in [2.05, 4.69) is 18.9 Å². The molecule has 1 fully saturated rings. The Morgan fingerprint density at radius 2 is 2.38 bits per heavy atom. The Morgan fingerprint density at radius 3 is 2.85 bits per heavy atom. The van der Waals surface area contributed by atoms with Gasteiger partial charge in [-0.25, -0.2) is 0 Å². The predicted molar refractivity (Wildman–Crippen MR) is 54.7 cm³/mol. The standard InChI is InChI=1S/C10H22N2O/c1-3-12(2)10(7-11)9-5-4-6-13-8-9/h9-10H,3-8,11H2,1-2H3. The second-order valence-corrected chi connectivity index (χ2v) is 3.85. The van der Waals surface area contributed by atoms with Gasteiger partial charge in [0.05, 0.1) is 6.61 Å². The molecule has 0 saturated carbocycles. The average molecular weight is 186 g/mol. The Balaban J connectivity index is 2.43.